The maximum Gasteiger partial charge on any atom is 0.176 e. The van der Waals surface area contributed by atoms with Crippen LogP contribution in [0.5, 0.6) is 0 Å². The molecule has 0 saturated heterocycles. The van der Waals surface area contributed by atoms with E-state index in [1.807, 2.05) is 24.3 Å². The molecule has 0 saturated carbocycles. The lowest BCUT2D eigenvalue weighted by molar-refractivity contribution is 0.0992. The molecule has 0 aromatic heterocycles. The number of ketones is 1. The second-order valence-corrected chi connectivity index (χ2v) is 3.39. The van der Waals surface area contributed by atoms with E-state index in [4.69, 9.17) is 0 Å². The van der Waals surface area contributed by atoms with Gasteiger partial charge in [0.1, 0.15) is 0 Å². The van der Waals surface area contributed by atoms with Crippen LogP contribution in [0.4, 0.5) is 0 Å². The van der Waals surface area contributed by atoms with Crippen LogP contribution in [0.1, 0.15) is 22.8 Å². The summed E-state index contributed by atoms with van der Waals surface area (Å²) in [5.74, 6) is 0.125. The van der Waals surface area contributed by atoms with Crippen LogP contribution in [0.2, 0.25) is 0 Å². The first-order chi connectivity index (χ1) is 7.27. The minimum Gasteiger partial charge on any atom is -0.306 e. The van der Waals surface area contributed by atoms with E-state index in [2.05, 4.69) is 18.8 Å². The second kappa shape index (κ2) is 6.14. The Bertz CT molecular complexity index is 327. The van der Waals surface area contributed by atoms with Crippen LogP contribution in [-0.4, -0.2) is 18.9 Å². The number of carbonyl (C=O) groups excluding carboxylic acids is 1. The smallest absolute Gasteiger partial charge is 0.176 e. The van der Waals surface area contributed by atoms with Gasteiger partial charge < -0.3 is 5.32 Å². The van der Waals surface area contributed by atoms with E-state index in [1.54, 1.807) is 6.08 Å². The van der Waals surface area contributed by atoms with Crippen molar-refractivity contribution in [1.82, 2.24) is 5.32 Å². The van der Waals surface area contributed by atoms with Crippen molar-refractivity contribution in [1.29, 1.82) is 0 Å². The normalized spacial score (nSPS) is 9.93. The van der Waals surface area contributed by atoms with Gasteiger partial charge in [0.15, 0.2) is 5.78 Å². The van der Waals surface area contributed by atoms with Crippen LogP contribution in [-0.2, 0) is 6.42 Å². The Labute approximate surface area is 91.0 Å². The highest BCUT2D eigenvalue weighted by Gasteiger charge is 2.03. The molecule has 0 atom stereocenters. The first-order valence-electron chi connectivity index (χ1n) is 5.21. The Hall–Kier alpha value is -1.41. The van der Waals surface area contributed by atoms with Gasteiger partial charge in [-0.05, 0) is 12.0 Å². The van der Waals surface area contributed by atoms with Gasteiger partial charge in [-0.1, -0.05) is 37.3 Å². The number of Topliss-reactive ketones (excluding diaryl/α,β-unsaturated/α-hetero) is 1. The van der Waals surface area contributed by atoms with E-state index in [1.165, 1.54) is 5.56 Å². The van der Waals surface area contributed by atoms with Crippen molar-refractivity contribution in [2.75, 3.05) is 13.1 Å². The SMILES string of the molecule is C=CCNCC(=O)c1ccc(CC)cc1. The predicted molar refractivity (Wildman–Crippen MR) is 63.2 cm³/mol. The Morgan fingerprint density at radius 2 is 2.07 bits per heavy atom. The zero-order chi connectivity index (χ0) is 11.1. The van der Waals surface area contributed by atoms with E-state index < -0.39 is 0 Å². The fourth-order valence-corrected chi connectivity index (χ4v) is 1.32. The maximum absolute atomic E-state index is 11.6. The van der Waals surface area contributed by atoms with Crippen molar-refractivity contribution in [3.63, 3.8) is 0 Å². The minimum absolute atomic E-state index is 0.125. The summed E-state index contributed by atoms with van der Waals surface area (Å²) < 4.78 is 0. The average Bonchev–Trinajstić information content (AvgIpc) is 2.29. The molecule has 0 fully saturated rings. The minimum atomic E-state index is 0.125. The van der Waals surface area contributed by atoms with Crippen molar-refractivity contribution in [3.8, 4) is 0 Å². The number of carbonyl (C=O) groups is 1. The van der Waals surface area contributed by atoms with Crippen LogP contribution >= 0.6 is 0 Å². The second-order valence-electron chi connectivity index (χ2n) is 3.39. The molecule has 0 aliphatic rings. The lowest BCUT2D eigenvalue weighted by Gasteiger charge is -2.02. The molecule has 1 N–H and O–H groups in total. The highest BCUT2D eigenvalue weighted by Crippen LogP contribution is 2.05. The number of rotatable bonds is 6. The Kier molecular flexibility index (Phi) is 4.78. The van der Waals surface area contributed by atoms with Gasteiger partial charge in [0.2, 0.25) is 0 Å². The molecule has 0 aliphatic heterocycles. The van der Waals surface area contributed by atoms with E-state index >= 15 is 0 Å². The molecule has 0 unspecified atom stereocenters. The summed E-state index contributed by atoms with van der Waals surface area (Å²) in [6.07, 6.45) is 2.75. The fraction of sp³-hybridized carbons (Fsp3) is 0.308. The zero-order valence-corrected chi connectivity index (χ0v) is 9.12. The molecule has 1 aromatic carbocycles. The number of aryl methyl sites for hydroxylation is 1. The van der Waals surface area contributed by atoms with Crippen LogP contribution in [0.25, 0.3) is 0 Å². The summed E-state index contributed by atoms with van der Waals surface area (Å²) in [4.78, 5) is 11.6. The van der Waals surface area contributed by atoms with Gasteiger partial charge in [-0.2, -0.15) is 0 Å². The van der Waals surface area contributed by atoms with E-state index in [-0.39, 0.29) is 5.78 Å². The van der Waals surface area contributed by atoms with Crippen LogP contribution in [0, 0.1) is 0 Å². The average molecular weight is 203 g/mol. The number of hydrogen-bond acceptors (Lipinski definition) is 2. The molecule has 0 heterocycles. The first-order valence-corrected chi connectivity index (χ1v) is 5.21. The van der Waals surface area contributed by atoms with Crippen molar-refractivity contribution in [2.45, 2.75) is 13.3 Å². The lowest BCUT2D eigenvalue weighted by Crippen LogP contribution is -2.22. The highest BCUT2D eigenvalue weighted by atomic mass is 16.1. The fourth-order valence-electron chi connectivity index (χ4n) is 1.32. The van der Waals surface area contributed by atoms with Crippen LogP contribution in [0.15, 0.2) is 36.9 Å². The third-order valence-electron chi connectivity index (χ3n) is 2.26. The van der Waals surface area contributed by atoms with Crippen molar-refractivity contribution >= 4 is 5.78 Å². The molecule has 0 aliphatic carbocycles. The number of hydrogen-bond donors (Lipinski definition) is 1. The molecule has 0 bridgehead atoms. The van der Waals surface area contributed by atoms with Gasteiger partial charge in [-0.25, -0.2) is 0 Å². The van der Waals surface area contributed by atoms with Crippen molar-refractivity contribution in [2.24, 2.45) is 0 Å². The molecule has 2 nitrogen and oxygen atoms in total. The van der Waals surface area contributed by atoms with Gasteiger partial charge in [0, 0.05) is 12.1 Å². The summed E-state index contributed by atoms with van der Waals surface area (Å²) >= 11 is 0. The molecule has 15 heavy (non-hydrogen) atoms. The monoisotopic (exact) mass is 203 g/mol. The Morgan fingerprint density at radius 1 is 1.40 bits per heavy atom. The summed E-state index contributed by atoms with van der Waals surface area (Å²) in [6, 6.07) is 7.77. The maximum atomic E-state index is 11.6. The van der Waals surface area contributed by atoms with Gasteiger partial charge in [0.05, 0.1) is 6.54 Å². The topological polar surface area (TPSA) is 29.1 Å². The summed E-state index contributed by atoms with van der Waals surface area (Å²) in [5.41, 5.74) is 2.02. The zero-order valence-electron chi connectivity index (χ0n) is 9.12. The third kappa shape index (κ3) is 3.68. The largest absolute Gasteiger partial charge is 0.306 e. The van der Waals surface area contributed by atoms with Gasteiger partial charge in [0.25, 0.3) is 0 Å². The molecule has 80 valence electrons. The molecular formula is C13H17NO. The lowest BCUT2D eigenvalue weighted by atomic mass is 10.1. The van der Waals surface area contributed by atoms with Crippen LogP contribution in [0.3, 0.4) is 0 Å². The Morgan fingerprint density at radius 3 is 2.60 bits per heavy atom. The molecule has 0 spiro atoms. The van der Waals surface area contributed by atoms with Gasteiger partial charge in [-0.3, -0.25) is 4.79 Å². The summed E-state index contributed by atoms with van der Waals surface area (Å²) in [7, 11) is 0. The standard InChI is InChI=1S/C13H17NO/c1-3-9-14-10-13(15)12-7-5-11(4-2)6-8-12/h3,5-8,14H,1,4,9-10H2,2H3. The summed E-state index contributed by atoms with van der Waals surface area (Å²) in [6.45, 7) is 6.72. The van der Waals surface area contributed by atoms with Gasteiger partial charge >= 0.3 is 0 Å². The number of benzene rings is 1. The predicted octanol–water partition coefficient (Wildman–Crippen LogP) is 2.21. The Balaban J connectivity index is 2.54. The third-order valence-corrected chi connectivity index (χ3v) is 2.26. The van der Waals surface area contributed by atoms with E-state index in [0.717, 1.165) is 12.0 Å². The molecule has 1 rings (SSSR count). The quantitative estimate of drug-likeness (QED) is 0.436. The van der Waals surface area contributed by atoms with E-state index in [9.17, 15) is 4.79 Å². The highest BCUT2D eigenvalue weighted by molar-refractivity contribution is 5.97. The van der Waals surface area contributed by atoms with Gasteiger partial charge in [-0.15, -0.1) is 6.58 Å². The summed E-state index contributed by atoms with van der Waals surface area (Å²) in [5, 5.41) is 2.99. The molecule has 2 heteroatoms. The molecule has 0 amide bonds. The van der Waals surface area contributed by atoms with Crippen molar-refractivity contribution in [3.05, 3.63) is 48.0 Å². The molecular weight excluding hydrogens is 186 g/mol. The van der Waals surface area contributed by atoms with E-state index in [0.29, 0.717) is 13.1 Å². The van der Waals surface area contributed by atoms with Crippen LogP contribution < -0.4 is 5.32 Å². The molecule has 1 aromatic rings. The van der Waals surface area contributed by atoms with Crippen molar-refractivity contribution < 1.29 is 4.79 Å². The first kappa shape index (κ1) is 11.7. The molecule has 0 radical (unpaired) electrons. The number of nitrogens with one attached hydrogen (secondary N) is 1.